The first kappa shape index (κ1) is 12.4. The first-order valence-corrected chi connectivity index (χ1v) is 8.35. The molecule has 98 valence electrons. The second-order valence-electron chi connectivity index (χ2n) is 5.80. The molecule has 3 rings (SSSR count). The van der Waals surface area contributed by atoms with Crippen LogP contribution in [0.3, 0.4) is 0 Å². The van der Waals surface area contributed by atoms with Gasteiger partial charge in [0.05, 0.1) is 0 Å². The molecule has 0 saturated carbocycles. The van der Waals surface area contributed by atoms with Gasteiger partial charge in [0.25, 0.3) is 0 Å². The van der Waals surface area contributed by atoms with Gasteiger partial charge >= 0.3 is 108 Å². The van der Waals surface area contributed by atoms with Crippen molar-refractivity contribution in [2.45, 2.75) is 67.7 Å². The molecule has 0 aromatic carbocycles. The van der Waals surface area contributed by atoms with Gasteiger partial charge in [0.15, 0.2) is 0 Å². The summed E-state index contributed by atoms with van der Waals surface area (Å²) in [4.78, 5) is 0.509. The van der Waals surface area contributed by atoms with Crippen molar-refractivity contribution >= 4 is 15.0 Å². The van der Waals surface area contributed by atoms with E-state index < -0.39 is 11.6 Å². The monoisotopic (exact) mass is 308 g/mol. The SMILES string of the molecule is CC1(C)OC[C@@H]2[Se]C[C@H]3OC(C)(C)O[C@H]3[C@@H]2O1. The molecule has 4 atom stereocenters. The van der Waals surface area contributed by atoms with Crippen LogP contribution in [0.25, 0.3) is 0 Å². The van der Waals surface area contributed by atoms with Gasteiger partial charge in [-0.2, -0.15) is 0 Å². The molecular formula is C12H20O4Se. The van der Waals surface area contributed by atoms with Gasteiger partial charge in [0, 0.05) is 0 Å². The van der Waals surface area contributed by atoms with Crippen LogP contribution in [0.4, 0.5) is 0 Å². The first-order valence-electron chi connectivity index (χ1n) is 6.15. The van der Waals surface area contributed by atoms with E-state index in [1.807, 2.05) is 27.7 Å². The van der Waals surface area contributed by atoms with E-state index in [9.17, 15) is 0 Å². The number of ether oxygens (including phenoxy) is 4. The Bertz CT molecular complexity index is 318. The molecule has 0 aromatic rings. The van der Waals surface area contributed by atoms with Crippen LogP contribution in [0.15, 0.2) is 0 Å². The number of hydrogen-bond donors (Lipinski definition) is 0. The zero-order valence-corrected chi connectivity index (χ0v) is 12.5. The fourth-order valence-corrected chi connectivity index (χ4v) is 5.37. The van der Waals surface area contributed by atoms with Crippen LogP contribution < -0.4 is 0 Å². The van der Waals surface area contributed by atoms with E-state index in [4.69, 9.17) is 18.9 Å². The summed E-state index contributed by atoms with van der Waals surface area (Å²) < 4.78 is 23.8. The van der Waals surface area contributed by atoms with E-state index in [-0.39, 0.29) is 18.3 Å². The first-order chi connectivity index (χ1) is 7.86. The van der Waals surface area contributed by atoms with Gasteiger partial charge in [-0.25, -0.2) is 0 Å². The standard InChI is InChI=1S/C12H20O4Se/c1-11(2)13-5-8-10(16-11)9-7(6-17-8)14-12(3,4)15-9/h7-10H,5-6H2,1-4H3/t7-,8+,9-,10-/m1/s1. The minimum atomic E-state index is -0.491. The van der Waals surface area contributed by atoms with Gasteiger partial charge < -0.3 is 0 Å². The summed E-state index contributed by atoms with van der Waals surface area (Å²) in [5, 5.41) is 1.11. The van der Waals surface area contributed by atoms with Crippen molar-refractivity contribution in [1.29, 1.82) is 0 Å². The maximum atomic E-state index is 6.07. The molecule has 17 heavy (non-hydrogen) atoms. The molecule has 0 amide bonds. The maximum absolute atomic E-state index is 6.07. The topological polar surface area (TPSA) is 36.9 Å². The van der Waals surface area contributed by atoms with Crippen molar-refractivity contribution in [2.24, 2.45) is 0 Å². The van der Waals surface area contributed by atoms with Crippen molar-refractivity contribution in [2.75, 3.05) is 6.61 Å². The molecule has 0 radical (unpaired) electrons. The molecule has 5 heteroatoms. The zero-order chi connectivity index (χ0) is 12.3. The quantitative estimate of drug-likeness (QED) is 0.637. The van der Waals surface area contributed by atoms with E-state index in [1.54, 1.807) is 0 Å². The van der Waals surface area contributed by atoms with Crippen LogP contribution >= 0.6 is 0 Å². The fraction of sp³-hybridized carbons (Fsp3) is 1.00. The molecule has 4 nitrogen and oxygen atoms in total. The molecule has 0 bridgehead atoms. The molecule has 0 N–H and O–H groups in total. The number of hydrogen-bond acceptors (Lipinski definition) is 4. The van der Waals surface area contributed by atoms with Crippen molar-refractivity contribution in [1.82, 2.24) is 0 Å². The summed E-state index contributed by atoms with van der Waals surface area (Å²) in [7, 11) is 0. The predicted octanol–water partition coefficient (Wildman–Crippen LogP) is 1.58. The van der Waals surface area contributed by atoms with Gasteiger partial charge in [-0.1, -0.05) is 0 Å². The van der Waals surface area contributed by atoms with Gasteiger partial charge in [-0.15, -0.1) is 0 Å². The molecule has 3 aliphatic rings. The van der Waals surface area contributed by atoms with Crippen molar-refractivity contribution in [3.8, 4) is 0 Å². The fourth-order valence-electron chi connectivity index (χ4n) is 2.73. The van der Waals surface area contributed by atoms with Gasteiger partial charge in [0.1, 0.15) is 0 Å². The molecule has 3 saturated heterocycles. The Morgan fingerprint density at radius 1 is 0.941 bits per heavy atom. The van der Waals surface area contributed by atoms with Gasteiger partial charge in [-0.05, 0) is 0 Å². The Kier molecular flexibility index (Phi) is 2.86. The summed E-state index contributed by atoms with van der Waals surface area (Å²) >= 11 is 0.520. The Balaban J connectivity index is 1.80. The summed E-state index contributed by atoms with van der Waals surface area (Å²) in [6.45, 7) is 8.71. The van der Waals surface area contributed by atoms with Crippen LogP contribution in [0.5, 0.6) is 0 Å². The Hall–Kier alpha value is 0.359. The molecule has 0 aliphatic carbocycles. The molecular weight excluding hydrogens is 287 g/mol. The van der Waals surface area contributed by atoms with Crippen molar-refractivity contribution in [3.63, 3.8) is 0 Å². The molecule has 3 aliphatic heterocycles. The average Bonchev–Trinajstić information content (AvgIpc) is 2.51. The van der Waals surface area contributed by atoms with Crippen LogP contribution in [0.1, 0.15) is 27.7 Å². The van der Waals surface area contributed by atoms with Crippen LogP contribution in [-0.2, 0) is 18.9 Å². The average molecular weight is 307 g/mol. The molecule has 3 heterocycles. The van der Waals surface area contributed by atoms with Crippen LogP contribution in [0, 0.1) is 0 Å². The van der Waals surface area contributed by atoms with Crippen molar-refractivity contribution < 1.29 is 18.9 Å². The summed E-state index contributed by atoms with van der Waals surface area (Å²) in [6, 6.07) is 0. The minimum absolute atomic E-state index is 0.0776. The Morgan fingerprint density at radius 2 is 1.65 bits per heavy atom. The molecule has 0 spiro atoms. The predicted molar refractivity (Wildman–Crippen MR) is 63.0 cm³/mol. The Labute approximate surface area is 108 Å². The molecule has 0 unspecified atom stereocenters. The third-order valence-electron chi connectivity index (χ3n) is 3.40. The second kappa shape index (κ2) is 3.92. The Morgan fingerprint density at radius 3 is 2.41 bits per heavy atom. The van der Waals surface area contributed by atoms with E-state index in [2.05, 4.69) is 0 Å². The van der Waals surface area contributed by atoms with E-state index in [1.165, 1.54) is 0 Å². The normalized spacial score (nSPS) is 47.3. The summed E-state index contributed by atoms with van der Waals surface area (Å²) in [5.74, 6) is -0.957. The molecule has 0 aromatic heterocycles. The van der Waals surface area contributed by atoms with Crippen LogP contribution in [-0.4, -0.2) is 51.4 Å². The van der Waals surface area contributed by atoms with Gasteiger partial charge in [-0.3, -0.25) is 0 Å². The molecule has 3 fully saturated rings. The second-order valence-corrected chi connectivity index (χ2v) is 8.47. The van der Waals surface area contributed by atoms with Gasteiger partial charge in [0.2, 0.25) is 0 Å². The summed E-state index contributed by atoms with van der Waals surface area (Å²) in [5.41, 5.74) is 0. The number of fused-ring (bicyclic) bond motifs is 3. The summed E-state index contributed by atoms with van der Waals surface area (Å²) in [6.07, 6.45) is 0.424. The number of rotatable bonds is 0. The third kappa shape index (κ3) is 2.29. The van der Waals surface area contributed by atoms with Crippen LogP contribution in [0.2, 0.25) is 10.1 Å². The van der Waals surface area contributed by atoms with E-state index >= 15 is 0 Å². The van der Waals surface area contributed by atoms with Crippen molar-refractivity contribution in [3.05, 3.63) is 0 Å². The van der Waals surface area contributed by atoms with E-state index in [0.717, 1.165) is 11.9 Å². The third-order valence-corrected chi connectivity index (χ3v) is 6.24. The van der Waals surface area contributed by atoms with E-state index in [0.29, 0.717) is 19.8 Å². The zero-order valence-electron chi connectivity index (χ0n) is 10.8.